The van der Waals surface area contributed by atoms with Crippen LogP contribution >= 0.6 is 0 Å². The van der Waals surface area contributed by atoms with Gasteiger partial charge in [0, 0.05) is 5.92 Å². The average molecular weight is 435 g/mol. The highest BCUT2D eigenvalue weighted by atomic mass is 19.1. The van der Waals surface area contributed by atoms with Gasteiger partial charge >= 0.3 is 0 Å². The molecule has 32 heavy (non-hydrogen) atoms. The molecule has 168 valence electrons. The first-order valence-corrected chi connectivity index (χ1v) is 10.8. The molecule has 0 amide bonds. The Morgan fingerprint density at radius 2 is 1.47 bits per heavy atom. The third kappa shape index (κ3) is 6.69. The van der Waals surface area contributed by atoms with E-state index in [0.29, 0.717) is 13.0 Å². The van der Waals surface area contributed by atoms with Crippen molar-refractivity contribution in [3.63, 3.8) is 0 Å². The van der Waals surface area contributed by atoms with Gasteiger partial charge in [0.15, 0.2) is 0 Å². The topological polar surface area (TPSA) is 27.7 Å². The molecule has 3 nitrogen and oxygen atoms in total. The molecule has 0 radical (unpaired) electrons. The first kappa shape index (κ1) is 23.6. The second-order valence-corrected chi connectivity index (χ2v) is 7.99. The Hall–Kier alpha value is -3.11. The van der Waals surface area contributed by atoms with Gasteiger partial charge in [-0.15, -0.1) is 0 Å². The summed E-state index contributed by atoms with van der Waals surface area (Å²) in [5.74, 6) is 1.34. The normalized spacial score (nSPS) is 13.8. The number of benzene rings is 3. The van der Waals surface area contributed by atoms with Crippen molar-refractivity contribution in [1.29, 1.82) is 0 Å². The van der Waals surface area contributed by atoms with Crippen molar-refractivity contribution in [3.05, 3.63) is 108 Å². The minimum Gasteiger partial charge on any atom is -0.497 e. The summed E-state index contributed by atoms with van der Waals surface area (Å²) in [6, 6.07) is 22.4. The third-order valence-corrected chi connectivity index (χ3v) is 5.61. The minimum atomic E-state index is -0.270. The van der Waals surface area contributed by atoms with Crippen LogP contribution < -0.4 is 9.47 Å². The van der Waals surface area contributed by atoms with Crippen LogP contribution in [0.25, 0.3) is 0 Å². The van der Waals surface area contributed by atoms with Crippen molar-refractivity contribution in [2.75, 3.05) is 7.11 Å². The summed E-state index contributed by atoms with van der Waals surface area (Å²) in [6.07, 6.45) is 2.10. The zero-order valence-electron chi connectivity index (χ0n) is 19.0. The van der Waals surface area contributed by atoms with E-state index in [-0.39, 0.29) is 23.9 Å². The van der Waals surface area contributed by atoms with Crippen LogP contribution in [0.4, 0.5) is 4.39 Å². The van der Waals surface area contributed by atoms with Crippen LogP contribution in [-0.4, -0.2) is 19.3 Å². The molecule has 0 saturated carbocycles. The number of rotatable bonds is 11. The standard InChI is InChI=1S/C28H31FO3/c1-5-28(32-26-14-6-20(2)7-15-26)27(18-22-8-12-24(29)13-9-22)21(3)31-19-23-10-16-25(30-4)17-11-23/h5-17,21,27-28H,1,18-19H2,2-4H3/t21-,27-,28-/m0/s1. The van der Waals surface area contributed by atoms with Gasteiger partial charge in [-0.3, -0.25) is 0 Å². The fourth-order valence-electron chi connectivity index (χ4n) is 3.60. The van der Waals surface area contributed by atoms with Crippen molar-refractivity contribution in [2.24, 2.45) is 5.92 Å². The average Bonchev–Trinajstić information content (AvgIpc) is 2.82. The van der Waals surface area contributed by atoms with E-state index >= 15 is 0 Å². The van der Waals surface area contributed by atoms with Crippen LogP contribution in [-0.2, 0) is 17.8 Å². The zero-order valence-corrected chi connectivity index (χ0v) is 19.0. The lowest BCUT2D eigenvalue weighted by Gasteiger charge is -2.31. The molecule has 0 aromatic heterocycles. The second-order valence-electron chi connectivity index (χ2n) is 7.99. The Morgan fingerprint density at radius 3 is 2.06 bits per heavy atom. The van der Waals surface area contributed by atoms with Gasteiger partial charge < -0.3 is 14.2 Å². The Morgan fingerprint density at radius 1 is 0.875 bits per heavy atom. The highest BCUT2D eigenvalue weighted by Gasteiger charge is 2.28. The molecule has 3 atom stereocenters. The Labute approximate surface area is 190 Å². The predicted octanol–water partition coefficient (Wildman–Crippen LogP) is 6.54. The lowest BCUT2D eigenvalue weighted by molar-refractivity contribution is -0.0160. The third-order valence-electron chi connectivity index (χ3n) is 5.61. The summed E-state index contributed by atoms with van der Waals surface area (Å²) in [4.78, 5) is 0. The summed E-state index contributed by atoms with van der Waals surface area (Å²) in [6.45, 7) is 8.58. The van der Waals surface area contributed by atoms with Crippen molar-refractivity contribution in [2.45, 2.75) is 39.1 Å². The molecule has 3 aromatic carbocycles. The monoisotopic (exact) mass is 434 g/mol. The van der Waals surface area contributed by atoms with Crippen LogP contribution in [0.5, 0.6) is 11.5 Å². The largest absolute Gasteiger partial charge is 0.497 e. The Kier molecular flexibility index (Phi) is 8.46. The molecular formula is C28H31FO3. The molecular weight excluding hydrogens is 403 g/mol. The minimum absolute atomic E-state index is 0.0162. The van der Waals surface area contributed by atoms with E-state index in [0.717, 1.165) is 22.6 Å². The maximum absolute atomic E-state index is 13.4. The number of ether oxygens (including phenoxy) is 3. The van der Waals surface area contributed by atoms with E-state index in [9.17, 15) is 4.39 Å². The van der Waals surface area contributed by atoms with E-state index in [4.69, 9.17) is 14.2 Å². The molecule has 0 spiro atoms. The summed E-state index contributed by atoms with van der Waals surface area (Å²) >= 11 is 0. The number of hydrogen-bond donors (Lipinski definition) is 0. The maximum atomic E-state index is 13.4. The molecule has 3 aromatic rings. The maximum Gasteiger partial charge on any atom is 0.123 e. The van der Waals surface area contributed by atoms with Gasteiger partial charge in [0.2, 0.25) is 0 Å². The molecule has 3 rings (SSSR count). The first-order chi connectivity index (χ1) is 15.5. The van der Waals surface area contributed by atoms with Crippen molar-refractivity contribution in [1.82, 2.24) is 0 Å². The number of hydrogen-bond acceptors (Lipinski definition) is 3. The molecule has 0 fully saturated rings. The quantitative estimate of drug-likeness (QED) is 0.321. The SMILES string of the molecule is C=C[C@H](Oc1ccc(C)cc1)[C@@H](Cc1ccc(F)cc1)[C@H](C)OCc1ccc(OC)cc1. The summed E-state index contributed by atoms with van der Waals surface area (Å²) in [5.41, 5.74) is 3.26. The molecule has 0 aliphatic carbocycles. The van der Waals surface area contributed by atoms with Crippen molar-refractivity contribution in [3.8, 4) is 11.5 Å². The molecule has 0 aliphatic rings. The fourth-order valence-corrected chi connectivity index (χ4v) is 3.60. The van der Waals surface area contributed by atoms with E-state index in [2.05, 4.69) is 6.58 Å². The smallest absolute Gasteiger partial charge is 0.123 e. The summed E-state index contributed by atoms with van der Waals surface area (Å²) in [7, 11) is 1.65. The van der Waals surface area contributed by atoms with Crippen LogP contribution in [0, 0.1) is 18.7 Å². The van der Waals surface area contributed by atoms with Crippen LogP contribution in [0.2, 0.25) is 0 Å². The number of halogens is 1. The Bertz CT molecular complexity index is 965. The molecule has 0 bridgehead atoms. The van der Waals surface area contributed by atoms with Gasteiger partial charge in [-0.2, -0.15) is 0 Å². The van der Waals surface area contributed by atoms with Gasteiger partial charge in [0.25, 0.3) is 0 Å². The van der Waals surface area contributed by atoms with Crippen molar-refractivity contribution >= 4 is 0 Å². The number of aryl methyl sites for hydroxylation is 1. The van der Waals surface area contributed by atoms with Crippen LogP contribution in [0.3, 0.4) is 0 Å². The molecule has 4 heteroatoms. The number of methoxy groups -OCH3 is 1. The van der Waals surface area contributed by atoms with E-state index in [1.165, 1.54) is 17.7 Å². The first-order valence-electron chi connectivity index (χ1n) is 10.8. The van der Waals surface area contributed by atoms with Gasteiger partial charge in [0.05, 0.1) is 19.8 Å². The van der Waals surface area contributed by atoms with E-state index < -0.39 is 0 Å². The highest BCUT2D eigenvalue weighted by molar-refractivity contribution is 5.28. The summed E-state index contributed by atoms with van der Waals surface area (Å²) < 4.78 is 31.2. The molecule has 0 saturated heterocycles. The zero-order chi connectivity index (χ0) is 22.9. The molecule has 0 unspecified atom stereocenters. The fraction of sp³-hybridized carbons (Fsp3) is 0.286. The lowest BCUT2D eigenvalue weighted by atomic mass is 9.89. The van der Waals surface area contributed by atoms with E-state index in [1.54, 1.807) is 7.11 Å². The molecule has 0 heterocycles. The van der Waals surface area contributed by atoms with Crippen molar-refractivity contribution < 1.29 is 18.6 Å². The van der Waals surface area contributed by atoms with Gasteiger partial charge in [0.1, 0.15) is 23.4 Å². The predicted molar refractivity (Wildman–Crippen MR) is 127 cm³/mol. The lowest BCUT2D eigenvalue weighted by Crippen LogP contribution is -2.36. The summed E-state index contributed by atoms with van der Waals surface area (Å²) in [5, 5.41) is 0. The van der Waals surface area contributed by atoms with E-state index in [1.807, 2.05) is 80.6 Å². The Balaban J connectivity index is 1.76. The highest BCUT2D eigenvalue weighted by Crippen LogP contribution is 2.26. The van der Waals surface area contributed by atoms with Crippen LogP contribution in [0.1, 0.15) is 23.6 Å². The van der Waals surface area contributed by atoms with Gasteiger partial charge in [-0.25, -0.2) is 4.39 Å². The van der Waals surface area contributed by atoms with Gasteiger partial charge in [-0.1, -0.05) is 54.6 Å². The second kappa shape index (κ2) is 11.5. The van der Waals surface area contributed by atoms with Crippen LogP contribution in [0.15, 0.2) is 85.5 Å². The van der Waals surface area contributed by atoms with Gasteiger partial charge in [-0.05, 0) is 67.8 Å². The molecule has 0 aliphatic heterocycles. The molecule has 0 N–H and O–H groups in total.